The zero-order valence-corrected chi connectivity index (χ0v) is 9.85. The Labute approximate surface area is 101 Å². The minimum absolute atomic E-state index is 0. The van der Waals surface area contributed by atoms with Gasteiger partial charge in [-0.2, -0.15) is 0 Å². The number of hydrogen-bond donors (Lipinski definition) is 1. The molecule has 1 heterocycles. The second-order valence-electron chi connectivity index (χ2n) is 4.02. The van der Waals surface area contributed by atoms with E-state index in [-0.39, 0.29) is 7.43 Å². The molecule has 0 spiro atoms. The molecule has 2 rings (SSSR count). The molecule has 90 valence electrons. The van der Waals surface area contributed by atoms with Crippen molar-refractivity contribution in [1.29, 1.82) is 0 Å². The lowest BCUT2D eigenvalue weighted by Crippen LogP contribution is -2.27. The van der Waals surface area contributed by atoms with E-state index in [1.54, 1.807) is 6.26 Å². The Bertz CT molecular complexity index is 359. The molecule has 16 heavy (non-hydrogen) atoms. The molecule has 1 atom stereocenters. The van der Waals surface area contributed by atoms with Gasteiger partial charge in [-0.3, -0.25) is 4.21 Å². The van der Waals surface area contributed by atoms with Crippen molar-refractivity contribution < 1.29 is 4.21 Å². The predicted molar refractivity (Wildman–Crippen MR) is 70.4 cm³/mol. The van der Waals surface area contributed by atoms with Gasteiger partial charge in [-0.1, -0.05) is 25.6 Å². The number of rotatable bonds is 2. The van der Waals surface area contributed by atoms with E-state index in [9.17, 15) is 4.21 Å². The van der Waals surface area contributed by atoms with Crippen LogP contribution < -0.4 is 5.32 Å². The van der Waals surface area contributed by atoms with E-state index in [2.05, 4.69) is 11.4 Å². The van der Waals surface area contributed by atoms with Crippen molar-refractivity contribution in [2.45, 2.75) is 31.1 Å². The van der Waals surface area contributed by atoms with Crippen molar-refractivity contribution in [3.8, 4) is 0 Å². The van der Waals surface area contributed by atoms with Crippen molar-refractivity contribution in [3.05, 3.63) is 29.8 Å². The molecule has 1 aromatic carbocycles. The second-order valence-corrected chi connectivity index (χ2v) is 5.36. The van der Waals surface area contributed by atoms with Crippen LogP contribution in [0.25, 0.3) is 0 Å². The third-order valence-electron chi connectivity index (χ3n) is 3.01. The van der Waals surface area contributed by atoms with Crippen LogP contribution in [0.4, 0.5) is 0 Å². The Morgan fingerprint density at radius 2 is 1.88 bits per heavy atom. The third-order valence-corrected chi connectivity index (χ3v) is 4.00. The lowest BCUT2D eigenvalue weighted by atomic mass is 9.90. The van der Waals surface area contributed by atoms with Crippen LogP contribution in [0.15, 0.2) is 29.2 Å². The molecule has 0 aliphatic carbocycles. The molecule has 0 amide bonds. The summed E-state index contributed by atoms with van der Waals surface area (Å²) in [5, 5.41) is 3.36. The highest BCUT2D eigenvalue weighted by molar-refractivity contribution is 7.84. The van der Waals surface area contributed by atoms with Gasteiger partial charge in [0.25, 0.3) is 0 Å². The van der Waals surface area contributed by atoms with E-state index in [1.165, 1.54) is 5.56 Å². The molecule has 0 saturated carbocycles. The zero-order chi connectivity index (χ0) is 10.7. The molecule has 1 aliphatic heterocycles. The van der Waals surface area contributed by atoms with E-state index < -0.39 is 10.8 Å². The summed E-state index contributed by atoms with van der Waals surface area (Å²) in [5.74, 6) is 0.589. The van der Waals surface area contributed by atoms with E-state index in [0.717, 1.165) is 30.8 Å². The van der Waals surface area contributed by atoms with Gasteiger partial charge in [0, 0.05) is 11.2 Å². The summed E-state index contributed by atoms with van der Waals surface area (Å²) in [7, 11) is -0.863. The van der Waals surface area contributed by atoms with Crippen molar-refractivity contribution in [1.82, 2.24) is 5.32 Å². The molecule has 1 fully saturated rings. The monoisotopic (exact) mass is 239 g/mol. The molecule has 1 N–H and O–H groups in total. The fraction of sp³-hybridized carbons (Fsp3) is 0.538. The van der Waals surface area contributed by atoms with Gasteiger partial charge in [0.15, 0.2) is 0 Å². The zero-order valence-electron chi connectivity index (χ0n) is 9.03. The number of hydrogen-bond acceptors (Lipinski definition) is 2. The molecular formula is C13H21NOS. The van der Waals surface area contributed by atoms with Gasteiger partial charge in [0.1, 0.15) is 0 Å². The maximum absolute atomic E-state index is 11.6. The summed E-state index contributed by atoms with van der Waals surface area (Å²) in [5.41, 5.74) is 1.29. The van der Waals surface area contributed by atoms with Crippen LogP contribution >= 0.6 is 0 Å². The van der Waals surface area contributed by atoms with Crippen molar-refractivity contribution in [2.24, 2.45) is 0 Å². The quantitative estimate of drug-likeness (QED) is 0.859. The SMILES string of the molecule is C.C[S@](=O)c1ccccc1C1CCNCC1. The van der Waals surface area contributed by atoms with Crippen LogP contribution in [0.5, 0.6) is 0 Å². The summed E-state index contributed by atoms with van der Waals surface area (Å²) in [4.78, 5) is 1.02. The molecule has 1 aliphatic rings. The molecule has 3 heteroatoms. The first kappa shape index (κ1) is 13.4. The first-order valence-corrected chi connectivity index (χ1v) is 6.98. The number of benzene rings is 1. The summed E-state index contributed by atoms with van der Waals surface area (Å²) in [6.45, 7) is 2.16. The Hall–Kier alpha value is -0.670. The highest BCUT2D eigenvalue weighted by atomic mass is 32.2. The molecular weight excluding hydrogens is 218 g/mol. The van der Waals surface area contributed by atoms with E-state index >= 15 is 0 Å². The summed E-state index contributed by atoms with van der Waals surface area (Å²) < 4.78 is 11.6. The van der Waals surface area contributed by atoms with Crippen LogP contribution in [0.1, 0.15) is 31.7 Å². The van der Waals surface area contributed by atoms with E-state index in [4.69, 9.17) is 0 Å². The molecule has 0 unspecified atom stereocenters. The van der Waals surface area contributed by atoms with Gasteiger partial charge in [0.2, 0.25) is 0 Å². The Morgan fingerprint density at radius 1 is 1.25 bits per heavy atom. The predicted octanol–water partition coefficient (Wildman–Crippen LogP) is 2.53. The lowest BCUT2D eigenvalue weighted by molar-refractivity contribution is 0.456. The van der Waals surface area contributed by atoms with Crippen LogP contribution in [-0.4, -0.2) is 23.6 Å². The average molecular weight is 239 g/mol. The first-order chi connectivity index (χ1) is 7.29. The Kier molecular flexibility index (Phi) is 5.16. The van der Waals surface area contributed by atoms with Gasteiger partial charge >= 0.3 is 0 Å². The molecule has 1 saturated heterocycles. The summed E-state index contributed by atoms with van der Waals surface area (Å²) >= 11 is 0. The topological polar surface area (TPSA) is 29.1 Å². The van der Waals surface area contributed by atoms with Crippen molar-refractivity contribution >= 4 is 10.8 Å². The Balaban J connectivity index is 0.00000128. The van der Waals surface area contributed by atoms with Crippen LogP contribution in [0.2, 0.25) is 0 Å². The normalized spacial score (nSPS) is 18.8. The molecule has 0 radical (unpaired) electrons. The minimum Gasteiger partial charge on any atom is -0.317 e. The van der Waals surface area contributed by atoms with Crippen LogP contribution in [0, 0.1) is 0 Å². The standard InChI is InChI=1S/C12H17NOS.CH4/c1-15(14)12-5-3-2-4-11(12)10-6-8-13-9-7-10;/h2-5,10,13H,6-9H2,1H3;1H4/t15-;/m0./s1. The smallest absolute Gasteiger partial charge is 0.0501 e. The molecule has 1 aromatic rings. The molecule has 0 aromatic heterocycles. The lowest BCUT2D eigenvalue weighted by Gasteiger charge is -2.24. The second kappa shape index (κ2) is 6.16. The summed E-state index contributed by atoms with van der Waals surface area (Å²) in [6, 6.07) is 8.15. The number of piperidine rings is 1. The first-order valence-electron chi connectivity index (χ1n) is 5.42. The fourth-order valence-electron chi connectivity index (χ4n) is 2.21. The maximum Gasteiger partial charge on any atom is 0.0501 e. The summed E-state index contributed by atoms with van der Waals surface area (Å²) in [6.07, 6.45) is 4.09. The highest BCUT2D eigenvalue weighted by Gasteiger charge is 2.18. The van der Waals surface area contributed by atoms with Gasteiger partial charge in [-0.15, -0.1) is 0 Å². The van der Waals surface area contributed by atoms with Gasteiger partial charge in [-0.05, 0) is 43.5 Å². The minimum atomic E-state index is -0.863. The van der Waals surface area contributed by atoms with Gasteiger partial charge in [-0.25, -0.2) is 0 Å². The molecule has 0 bridgehead atoms. The highest BCUT2D eigenvalue weighted by Crippen LogP contribution is 2.29. The average Bonchev–Trinajstić information content (AvgIpc) is 2.30. The van der Waals surface area contributed by atoms with Gasteiger partial charge in [0.05, 0.1) is 10.8 Å². The van der Waals surface area contributed by atoms with Crippen molar-refractivity contribution in [3.63, 3.8) is 0 Å². The van der Waals surface area contributed by atoms with Crippen LogP contribution in [-0.2, 0) is 10.8 Å². The van der Waals surface area contributed by atoms with Crippen molar-refractivity contribution in [2.75, 3.05) is 19.3 Å². The van der Waals surface area contributed by atoms with E-state index in [0.29, 0.717) is 5.92 Å². The third kappa shape index (κ3) is 2.92. The largest absolute Gasteiger partial charge is 0.317 e. The fourth-order valence-corrected chi connectivity index (χ4v) is 3.05. The van der Waals surface area contributed by atoms with Crippen LogP contribution in [0.3, 0.4) is 0 Å². The number of nitrogens with one attached hydrogen (secondary N) is 1. The maximum atomic E-state index is 11.6. The Morgan fingerprint density at radius 3 is 2.50 bits per heavy atom. The molecule has 2 nitrogen and oxygen atoms in total. The van der Waals surface area contributed by atoms with E-state index in [1.807, 2.05) is 18.2 Å². The van der Waals surface area contributed by atoms with Gasteiger partial charge < -0.3 is 5.32 Å².